The molecule has 0 fully saturated rings. The average Bonchev–Trinajstić information content (AvgIpc) is 3.11. The van der Waals surface area contributed by atoms with Crippen LogP contribution in [0.4, 0.5) is 11.5 Å². The van der Waals surface area contributed by atoms with Crippen LogP contribution in [-0.4, -0.2) is 41.0 Å². The molecule has 1 aromatic heterocycles. The number of aromatic nitrogens is 3. The molecule has 8 nitrogen and oxygen atoms in total. The lowest BCUT2D eigenvalue weighted by atomic mass is 10.2. The first kappa shape index (κ1) is 19.1. The van der Waals surface area contributed by atoms with Crippen LogP contribution < -0.4 is 10.1 Å². The van der Waals surface area contributed by atoms with Crippen LogP contribution in [0.2, 0.25) is 0 Å². The second-order valence-electron chi connectivity index (χ2n) is 5.88. The number of esters is 1. The maximum atomic E-state index is 12.3. The molecule has 2 aromatic carbocycles. The summed E-state index contributed by atoms with van der Waals surface area (Å²) in [5.74, 6) is 0.604. The molecule has 0 aliphatic carbocycles. The Kier molecular flexibility index (Phi) is 6.01. The maximum Gasteiger partial charge on any atom is 0.362 e. The molecule has 0 unspecified atom stereocenters. The topological polar surface area (TPSA) is 95.3 Å². The van der Waals surface area contributed by atoms with E-state index in [0.29, 0.717) is 23.6 Å². The van der Waals surface area contributed by atoms with E-state index in [9.17, 15) is 9.59 Å². The van der Waals surface area contributed by atoms with E-state index in [1.807, 2.05) is 24.3 Å². The Bertz CT molecular complexity index is 949. The molecule has 0 atom stereocenters. The summed E-state index contributed by atoms with van der Waals surface area (Å²) in [5, 5.41) is 11.2. The first-order valence-electron chi connectivity index (χ1n) is 8.70. The number of nitrogens with one attached hydrogen (secondary N) is 1. The second-order valence-corrected chi connectivity index (χ2v) is 5.88. The van der Waals surface area contributed by atoms with Gasteiger partial charge in [-0.2, -0.15) is 0 Å². The molecule has 0 spiro atoms. The SMILES string of the molecule is CCOC(=O)c1nnn(Cc2ccc(OC)cc2)c1Nc1ccc(C=O)cc1. The Labute approximate surface area is 162 Å². The van der Waals surface area contributed by atoms with Crippen molar-refractivity contribution in [3.63, 3.8) is 0 Å². The molecule has 0 saturated heterocycles. The van der Waals surface area contributed by atoms with Crippen molar-refractivity contribution in [1.82, 2.24) is 15.0 Å². The van der Waals surface area contributed by atoms with Gasteiger partial charge in [0.15, 0.2) is 5.82 Å². The number of hydrogen-bond donors (Lipinski definition) is 1. The quantitative estimate of drug-likeness (QED) is 0.474. The summed E-state index contributed by atoms with van der Waals surface area (Å²) < 4.78 is 11.8. The molecule has 28 heavy (non-hydrogen) atoms. The van der Waals surface area contributed by atoms with Gasteiger partial charge < -0.3 is 14.8 Å². The highest BCUT2D eigenvalue weighted by Crippen LogP contribution is 2.22. The van der Waals surface area contributed by atoms with E-state index in [1.54, 1.807) is 43.0 Å². The number of methoxy groups -OCH3 is 1. The summed E-state index contributed by atoms with van der Waals surface area (Å²) in [6, 6.07) is 14.4. The monoisotopic (exact) mass is 380 g/mol. The summed E-state index contributed by atoms with van der Waals surface area (Å²) in [6.45, 7) is 2.35. The highest BCUT2D eigenvalue weighted by atomic mass is 16.5. The Morgan fingerprint density at radius 3 is 2.46 bits per heavy atom. The molecule has 0 saturated carbocycles. The highest BCUT2D eigenvalue weighted by Gasteiger charge is 2.21. The minimum absolute atomic E-state index is 0.0924. The number of carbonyl (C=O) groups excluding carboxylic acids is 2. The molecule has 3 aromatic rings. The van der Waals surface area contributed by atoms with Crippen molar-refractivity contribution in [1.29, 1.82) is 0 Å². The number of hydrogen-bond acceptors (Lipinski definition) is 7. The number of ether oxygens (including phenoxy) is 2. The lowest BCUT2D eigenvalue weighted by Gasteiger charge is -2.11. The second kappa shape index (κ2) is 8.81. The molecule has 0 aliphatic heterocycles. The van der Waals surface area contributed by atoms with Gasteiger partial charge >= 0.3 is 5.97 Å². The van der Waals surface area contributed by atoms with Crippen molar-refractivity contribution < 1.29 is 19.1 Å². The van der Waals surface area contributed by atoms with Crippen LogP contribution >= 0.6 is 0 Å². The summed E-state index contributed by atoms with van der Waals surface area (Å²) in [4.78, 5) is 23.1. The fraction of sp³-hybridized carbons (Fsp3) is 0.200. The first-order chi connectivity index (χ1) is 13.6. The highest BCUT2D eigenvalue weighted by molar-refractivity contribution is 5.93. The van der Waals surface area contributed by atoms with Gasteiger partial charge in [0.05, 0.1) is 20.3 Å². The zero-order chi connectivity index (χ0) is 19.9. The van der Waals surface area contributed by atoms with Crippen LogP contribution in [0.25, 0.3) is 0 Å². The fourth-order valence-electron chi connectivity index (χ4n) is 2.57. The first-order valence-corrected chi connectivity index (χ1v) is 8.70. The molecule has 144 valence electrons. The van der Waals surface area contributed by atoms with Crippen molar-refractivity contribution in [3.05, 3.63) is 65.4 Å². The summed E-state index contributed by atoms with van der Waals surface area (Å²) in [7, 11) is 1.61. The minimum atomic E-state index is -0.560. The molecule has 1 heterocycles. The number of rotatable bonds is 8. The van der Waals surface area contributed by atoms with E-state index in [0.717, 1.165) is 17.6 Å². The van der Waals surface area contributed by atoms with Gasteiger partial charge in [-0.3, -0.25) is 4.79 Å². The van der Waals surface area contributed by atoms with Gasteiger partial charge in [-0.25, -0.2) is 9.48 Å². The van der Waals surface area contributed by atoms with Crippen molar-refractivity contribution in [2.24, 2.45) is 0 Å². The Morgan fingerprint density at radius 2 is 1.86 bits per heavy atom. The molecule has 1 N–H and O–H groups in total. The minimum Gasteiger partial charge on any atom is -0.497 e. The van der Waals surface area contributed by atoms with Crippen LogP contribution in [0.5, 0.6) is 5.75 Å². The van der Waals surface area contributed by atoms with Crippen molar-refractivity contribution in [2.45, 2.75) is 13.5 Å². The van der Waals surface area contributed by atoms with E-state index in [2.05, 4.69) is 15.6 Å². The largest absolute Gasteiger partial charge is 0.497 e. The van der Waals surface area contributed by atoms with E-state index >= 15 is 0 Å². The van der Waals surface area contributed by atoms with Crippen LogP contribution in [-0.2, 0) is 11.3 Å². The number of anilines is 2. The predicted molar refractivity (Wildman–Crippen MR) is 103 cm³/mol. The van der Waals surface area contributed by atoms with Crippen LogP contribution in [0.1, 0.15) is 33.3 Å². The third kappa shape index (κ3) is 4.35. The van der Waals surface area contributed by atoms with Crippen molar-refractivity contribution in [2.75, 3.05) is 19.0 Å². The molecule has 0 aliphatic rings. The summed E-state index contributed by atoms with van der Waals surface area (Å²) in [6.07, 6.45) is 0.767. The molecule has 8 heteroatoms. The lowest BCUT2D eigenvalue weighted by Crippen LogP contribution is -2.11. The zero-order valence-electron chi connectivity index (χ0n) is 15.6. The average molecular weight is 380 g/mol. The van der Waals surface area contributed by atoms with Gasteiger partial charge in [0.25, 0.3) is 0 Å². The van der Waals surface area contributed by atoms with Crippen molar-refractivity contribution in [3.8, 4) is 5.75 Å². The van der Waals surface area contributed by atoms with Crippen LogP contribution in [0, 0.1) is 0 Å². The van der Waals surface area contributed by atoms with Gasteiger partial charge in [0.1, 0.15) is 12.0 Å². The molecular formula is C20H20N4O4. The number of aldehydes is 1. The van der Waals surface area contributed by atoms with Crippen LogP contribution in [0.3, 0.4) is 0 Å². The molecular weight excluding hydrogens is 360 g/mol. The van der Waals surface area contributed by atoms with Gasteiger partial charge in [-0.15, -0.1) is 5.10 Å². The smallest absolute Gasteiger partial charge is 0.362 e. The Hall–Kier alpha value is -3.68. The fourth-order valence-corrected chi connectivity index (χ4v) is 2.57. The molecule has 0 bridgehead atoms. The van der Waals surface area contributed by atoms with E-state index in [4.69, 9.17) is 9.47 Å². The van der Waals surface area contributed by atoms with E-state index in [1.165, 1.54) is 0 Å². The normalized spacial score (nSPS) is 10.4. The molecule has 0 amide bonds. The van der Waals surface area contributed by atoms with E-state index < -0.39 is 5.97 Å². The van der Waals surface area contributed by atoms with Gasteiger partial charge in [0.2, 0.25) is 5.69 Å². The Balaban J connectivity index is 1.91. The van der Waals surface area contributed by atoms with Crippen molar-refractivity contribution >= 4 is 23.8 Å². The third-order valence-electron chi connectivity index (χ3n) is 4.00. The van der Waals surface area contributed by atoms with Gasteiger partial charge in [-0.1, -0.05) is 17.3 Å². The Morgan fingerprint density at radius 1 is 1.14 bits per heavy atom. The van der Waals surface area contributed by atoms with Gasteiger partial charge in [-0.05, 0) is 48.9 Å². The lowest BCUT2D eigenvalue weighted by molar-refractivity contribution is 0.0520. The van der Waals surface area contributed by atoms with Crippen LogP contribution in [0.15, 0.2) is 48.5 Å². The predicted octanol–water partition coefficient (Wildman–Crippen LogP) is 3.07. The zero-order valence-corrected chi connectivity index (χ0v) is 15.6. The standard InChI is InChI=1S/C20H20N4O4/c1-3-28-20(26)18-19(21-16-8-4-15(13-25)5-9-16)24(23-22-18)12-14-6-10-17(27-2)11-7-14/h4-11,13,21H,3,12H2,1-2H3. The molecule has 0 radical (unpaired) electrons. The summed E-state index contributed by atoms with van der Waals surface area (Å²) in [5.41, 5.74) is 2.30. The maximum absolute atomic E-state index is 12.3. The molecule has 3 rings (SSSR count). The third-order valence-corrected chi connectivity index (χ3v) is 4.00. The number of benzene rings is 2. The number of carbonyl (C=O) groups is 2. The summed E-state index contributed by atoms with van der Waals surface area (Å²) >= 11 is 0. The van der Waals surface area contributed by atoms with Gasteiger partial charge in [0, 0.05) is 11.3 Å². The number of nitrogens with zero attached hydrogens (tertiary/aromatic N) is 3. The van der Waals surface area contributed by atoms with E-state index in [-0.39, 0.29) is 12.3 Å².